The van der Waals surface area contributed by atoms with Gasteiger partial charge in [-0.25, -0.2) is 0 Å². The molecule has 4 unspecified atom stereocenters. The summed E-state index contributed by atoms with van der Waals surface area (Å²) in [6.07, 6.45) is 7.90. The summed E-state index contributed by atoms with van der Waals surface area (Å²) >= 11 is 0. The Hall–Kier alpha value is -2.02. The number of fused-ring (bicyclic) bond motifs is 2. The fourth-order valence-corrected chi connectivity index (χ4v) is 5.03. The molecule has 2 bridgehead atoms. The van der Waals surface area contributed by atoms with Crippen LogP contribution in [0.25, 0.3) is 0 Å². The number of allylic oxidation sites excluding steroid dienone is 2. The quantitative estimate of drug-likeness (QED) is 0.400. The molecule has 1 saturated carbocycles. The fourth-order valence-electron chi connectivity index (χ4n) is 5.03. The summed E-state index contributed by atoms with van der Waals surface area (Å²) in [6, 6.07) is -0.203. The molecule has 7 heteroatoms. The van der Waals surface area contributed by atoms with Gasteiger partial charge in [-0.3, -0.25) is 24.1 Å². The number of Topliss-reactive ketones (excluding diaryl/α,β-unsaturated/α-hetero) is 2. The van der Waals surface area contributed by atoms with Crippen molar-refractivity contribution in [1.82, 2.24) is 9.80 Å². The molecule has 3 aliphatic rings. The van der Waals surface area contributed by atoms with Gasteiger partial charge < -0.3 is 9.64 Å². The van der Waals surface area contributed by atoms with Gasteiger partial charge in [0.2, 0.25) is 5.91 Å². The zero-order valence-corrected chi connectivity index (χ0v) is 20.0. The number of nitrogens with zero attached hydrogens (tertiary/aromatic N) is 2. The minimum atomic E-state index is -0.444. The smallest absolute Gasteiger partial charge is 0.302 e. The summed E-state index contributed by atoms with van der Waals surface area (Å²) in [5.41, 5.74) is -0.444. The first-order valence-electron chi connectivity index (χ1n) is 11.9. The van der Waals surface area contributed by atoms with E-state index in [0.717, 1.165) is 12.8 Å². The SMILES string of the molecule is CC(=O)OCC1CN(C(=O)CCCC(=O)C2CC3C=CC2C3)CCN1CC(=O)C(C)(C)C. The average Bonchev–Trinajstić information content (AvgIpc) is 3.35. The highest BCUT2D eigenvalue weighted by Crippen LogP contribution is 2.44. The lowest BCUT2D eigenvalue weighted by Gasteiger charge is -2.41. The highest BCUT2D eigenvalue weighted by molar-refractivity contribution is 5.85. The van der Waals surface area contributed by atoms with Crippen molar-refractivity contribution in [1.29, 1.82) is 0 Å². The first-order chi connectivity index (χ1) is 15.0. The molecule has 1 amide bonds. The lowest BCUT2D eigenvalue weighted by molar-refractivity contribution is -0.145. The number of hydrogen-bond acceptors (Lipinski definition) is 6. The van der Waals surface area contributed by atoms with Crippen LogP contribution in [0.5, 0.6) is 0 Å². The third-order valence-electron chi connectivity index (χ3n) is 7.13. The second-order valence-corrected chi connectivity index (χ2v) is 10.6. The Balaban J connectivity index is 1.48. The number of ether oxygens (including phenoxy) is 1. The summed E-state index contributed by atoms with van der Waals surface area (Å²) in [4.78, 5) is 53.0. The Morgan fingerprint density at radius 1 is 1.03 bits per heavy atom. The molecule has 2 fully saturated rings. The molecule has 1 saturated heterocycles. The maximum Gasteiger partial charge on any atom is 0.302 e. The van der Waals surface area contributed by atoms with Crippen molar-refractivity contribution in [2.45, 2.75) is 65.8 Å². The van der Waals surface area contributed by atoms with Crippen LogP contribution in [0.15, 0.2) is 12.2 Å². The molecule has 178 valence electrons. The van der Waals surface area contributed by atoms with Crippen molar-refractivity contribution in [2.24, 2.45) is 23.2 Å². The Kier molecular flexibility index (Phi) is 7.91. The number of rotatable bonds is 9. The predicted molar refractivity (Wildman–Crippen MR) is 121 cm³/mol. The third-order valence-corrected chi connectivity index (χ3v) is 7.13. The molecular weight excluding hydrogens is 408 g/mol. The minimum Gasteiger partial charge on any atom is -0.464 e. The number of esters is 1. The first-order valence-corrected chi connectivity index (χ1v) is 11.9. The molecule has 0 spiro atoms. The van der Waals surface area contributed by atoms with Gasteiger partial charge in [-0.2, -0.15) is 0 Å². The summed E-state index contributed by atoms with van der Waals surface area (Å²) in [5.74, 6) is 1.22. The van der Waals surface area contributed by atoms with Crippen molar-refractivity contribution >= 4 is 23.4 Å². The Morgan fingerprint density at radius 2 is 1.78 bits per heavy atom. The average molecular weight is 447 g/mol. The second kappa shape index (κ2) is 10.3. The summed E-state index contributed by atoms with van der Waals surface area (Å²) in [7, 11) is 0. The van der Waals surface area contributed by atoms with Crippen molar-refractivity contribution in [3.63, 3.8) is 0 Å². The molecule has 1 heterocycles. The Morgan fingerprint density at radius 3 is 2.38 bits per heavy atom. The van der Waals surface area contributed by atoms with Gasteiger partial charge in [0, 0.05) is 50.7 Å². The van der Waals surface area contributed by atoms with Crippen LogP contribution in [-0.2, 0) is 23.9 Å². The van der Waals surface area contributed by atoms with Crippen LogP contribution in [-0.4, -0.2) is 72.1 Å². The van der Waals surface area contributed by atoms with Crippen LogP contribution in [0.3, 0.4) is 0 Å². The molecule has 0 aromatic rings. The van der Waals surface area contributed by atoms with Crippen LogP contribution in [0.4, 0.5) is 0 Å². The van der Waals surface area contributed by atoms with Crippen LogP contribution < -0.4 is 0 Å². The van der Waals surface area contributed by atoms with E-state index in [-0.39, 0.29) is 42.8 Å². The van der Waals surface area contributed by atoms with Crippen molar-refractivity contribution in [3.05, 3.63) is 12.2 Å². The van der Waals surface area contributed by atoms with E-state index in [9.17, 15) is 19.2 Å². The Bertz CT molecular complexity index is 769. The molecule has 4 atom stereocenters. The van der Waals surface area contributed by atoms with Gasteiger partial charge in [0.05, 0.1) is 12.6 Å². The molecule has 0 radical (unpaired) electrons. The maximum atomic E-state index is 12.8. The molecule has 0 N–H and O–H groups in total. The minimum absolute atomic E-state index is 0.0280. The zero-order chi connectivity index (χ0) is 23.5. The highest BCUT2D eigenvalue weighted by Gasteiger charge is 2.39. The standard InChI is InChI=1S/C25H38N2O5/c1-17(28)32-16-20-14-27(11-10-26(20)15-23(30)25(2,3)4)24(31)7-5-6-22(29)21-13-18-8-9-19(21)12-18/h8-9,18-21H,5-7,10-16H2,1-4H3. The van der Waals surface area contributed by atoms with E-state index >= 15 is 0 Å². The van der Waals surface area contributed by atoms with E-state index in [0.29, 0.717) is 56.5 Å². The van der Waals surface area contributed by atoms with Gasteiger partial charge in [0.25, 0.3) is 0 Å². The van der Waals surface area contributed by atoms with E-state index in [1.807, 2.05) is 25.7 Å². The molecule has 0 aromatic carbocycles. The maximum absolute atomic E-state index is 12.8. The highest BCUT2D eigenvalue weighted by atomic mass is 16.5. The third kappa shape index (κ3) is 6.27. The van der Waals surface area contributed by atoms with Gasteiger partial charge in [0.1, 0.15) is 12.4 Å². The molecule has 3 rings (SSSR count). The van der Waals surface area contributed by atoms with E-state index < -0.39 is 5.41 Å². The summed E-state index contributed by atoms with van der Waals surface area (Å²) in [6.45, 7) is 9.01. The monoisotopic (exact) mass is 446 g/mol. The van der Waals surface area contributed by atoms with Crippen LogP contribution in [0, 0.1) is 23.2 Å². The molecular formula is C25H38N2O5. The largest absolute Gasteiger partial charge is 0.464 e. The number of carbonyl (C=O) groups excluding carboxylic acids is 4. The van der Waals surface area contributed by atoms with Gasteiger partial charge in [-0.1, -0.05) is 32.9 Å². The van der Waals surface area contributed by atoms with Crippen LogP contribution in [0.1, 0.15) is 59.8 Å². The lowest BCUT2D eigenvalue weighted by Crippen LogP contribution is -2.58. The predicted octanol–water partition coefficient (Wildman–Crippen LogP) is 2.63. The van der Waals surface area contributed by atoms with Gasteiger partial charge in [0.15, 0.2) is 5.78 Å². The van der Waals surface area contributed by atoms with Gasteiger partial charge in [-0.05, 0) is 31.1 Å². The van der Waals surface area contributed by atoms with Gasteiger partial charge in [-0.15, -0.1) is 0 Å². The van der Waals surface area contributed by atoms with Gasteiger partial charge >= 0.3 is 5.97 Å². The molecule has 2 aliphatic carbocycles. The van der Waals surface area contributed by atoms with Crippen LogP contribution >= 0.6 is 0 Å². The van der Waals surface area contributed by atoms with Crippen molar-refractivity contribution < 1.29 is 23.9 Å². The number of hydrogen-bond donors (Lipinski definition) is 0. The molecule has 1 aliphatic heterocycles. The topological polar surface area (TPSA) is 84.0 Å². The summed E-state index contributed by atoms with van der Waals surface area (Å²) in [5, 5.41) is 0. The summed E-state index contributed by atoms with van der Waals surface area (Å²) < 4.78 is 5.22. The Labute approximate surface area is 191 Å². The second-order valence-electron chi connectivity index (χ2n) is 10.6. The number of ketones is 2. The van der Waals surface area contributed by atoms with Crippen molar-refractivity contribution in [3.8, 4) is 0 Å². The first kappa shape index (κ1) is 24.6. The van der Waals surface area contributed by atoms with E-state index in [2.05, 4.69) is 12.2 Å². The molecule has 7 nitrogen and oxygen atoms in total. The van der Waals surface area contributed by atoms with E-state index in [1.165, 1.54) is 6.92 Å². The fraction of sp³-hybridized carbons (Fsp3) is 0.760. The van der Waals surface area contributed by atoms with E-state index in [1.54, 1.807) is 4.90 Å². The lowest BCUT2D eigenvalue weighted by atomic mass is 9.87. The molecule has 0 aromatic heterocycles. The van der Waals surface area contributed by atoms with Crippen LogP contribution in [0.2, 0.25) is 0 Å². The normalized spacial score (nSPS) is 27.6. The zero-order valence-electron chi connectivity index (χ0n) is 20.0. The number of carbonyl (C=O) groups is 4. The van der Waals surface area contributed by atoms with E-state index in [4.69, 9.17) is 4.74 Å². The number of piperazine rings is 1. The number of amides is 1. The molecule has 32 heavy (non-hydrogen) atoms. The van der Waals surface area contributed by atoms with Crippen molar-refractivity contribution in [2.75, 3.05) is 32.8 Å².